The lowest BCUT2D eigenvalue weighted by molar-refractivity contribution is 0.104. The fraction of sp³-hybridized carbons (Fsp3) is 0.556. The summed E-state index contributed by atoms with van der Waals surface area (Å²) >= 11 is 0. The zero-order valence-electron chi connectivity index (χ0n) is 12.3. The monoisotopic (exact) mass is 255 g/mol. The van der Waals surface area contributed by atoms with Crippen LogP contribution in [-0.4, -0.2) is 23.5 Å². The van der Waals surface area contributed by atoms with Crippen LogP contribution in [0.2, 0.25) is 0 Å². The number of hydrogen-bond acceptors (Lipinski definition) is 1. The van der Waals surface area contributed by atoms with Crippen LogP contribution in [0.1, 0.15) is 51.5 Å². The Morgan fingerprint density at radius 2 is 1.63 bits per heavy atom. The van der Waals surface area contributed by atoms with E-state index in [0.717, 1.165) is 18.4 Å². The summed E-state index contributed by atoms with van der Waals surface area (Å²) < 4.78 is 0. The van der Waals surface area contributed by atoms with Gasteiger partial charge in [0, 0.05) is 5.56 Å². The Morgan fingerprint density at radius 3 is 2.21 bits per heavy atom. The molecule has 1 nitrogen and oxygen atoms in total. The molecule has 1 heteroatoms. The Balaban J connectivity index is 2.21. The van der Waals surface area contributed by atoms with Crippen LogP contribution >= 0.6 is 0 Å². The lowest BCUT2D eigenvalue weighted by Crippen LogP contribution is -2.49. The summed E-state index contributed by atoms with van der Waals surface area (Å²) in [6.45, 7) is 6.98. The third-order valence-corrected chi connectivity index (χ3v) is 4.34. The Hall–Kier alpha value is -1.26. The molecule has 0 atom stereocenters. The lowest BCUT2D eigenvalue weighted by atomic mass is 9.89. The van der Waals surface area contributed by atoms with Crippen LogP contribution in [0.25, 0.3) is 0 Å². The lowest BCUT2D eigenvalue weighted by Gasteiger charge is -2.41. The van der Waals surface area contributed by atoms with Crippen LogP contribution in [0, 0.1) is 11.8 Å². The van der Waals surface area contributed by atoms with Crippen molar-refractivity contribution in [3.63, 3.8) is 0 Å². The van der Waals surface area contributed by atoms with E-state index in [1.165, 1.54) is 32.4 Å². The standard InChI is InChI=1S/C18H25N/c1-3-18(4-2,19-15-9-6-10-16-19)14-13-17-11-7-5-8-12-17/h5,7-8,11-12H,3-4,6,9-10,15-16H2,1-2H3. The molecule has 0 aromatic heterocycles. The fourth-order valence-electron chi connectivity index (χ4n) is 2.98. The normalized spacial score (nSPS) is 16.7. The van der Waals surface area contributed by atoms with E-state index in [9.17, 15) is 0 Å². The van der Waals surface area contributed by atoms with Gasteiger partial charge in [0.1, 0.15) is 0 Å². The average molecular weight is 255 g/mol. The van der Waals surface area contributed by atoms with E-state index >= 15 is 0 Å². The van der Waals surface area contributed by atoms with Gasteiger partial charge in [-0.25, -0.2) is 0 Å². The zero-order chi connectivity index (χ0) is 13.6. The van der Waals surface area contributed by atoms with Gasteiger partial charge in [0.05, 0.1) is 5.54 Å². The molecule has 102 valence electrons. The molecule has 1 heterocycles. The first-order valence-electron chi connectivity index (χ1n) is 7.64. The molecule has 0 spiro atoms. The van der Waals surface area contributed by atoms with Gasteiger partial charge in [-0.15, -0.1) is 0 Å². The number of benzene rings is 1. The predicted octanol–water partition coefficient (Wildman–Crippen LogP) is 4.08. The minimum absolute atomic E-state index is 0.0796. The fourth-order valence-corrected chi connectivity index (χ4v) is 2.98. The number of hydrogen-bond donors (Lipinski definition) is 0. The molecule has 0 amide bonds. The van der Waals surface area contributed by atoms with Crippen molar-refractivity contribution in [2.45, 2.75) is 51.5 Å². The molecule has 1 saturated heterocycles. The average Bonchev–Trinajstić information content (AvgIpc) is 2.51. The van der Waals surface area contributed by atoms with E-state index in [-0.39, 0.29) is 5.54 Å². The molecule has 0 N–H and O–H groups in total. The highest BCUT2D eigenvalue weighted by molar-refractivity contribution is 5.36. The Labute approximate surface area is 118 Å². The van der Waals surface area contributed by atoms with Gasteiger partial charge < -0.3 is 0 Å². The molecular formula is C18H25N. The van der Waals surface area contributed by atoms with E-state index in [0.29, 0.717) is 0 Å². The molecular weight excluding hydrogens is 230 g/mol. The van der Waals surface area contributed by atoms with Crippen LogP contribution in [0.4, 0.5) is 0 Å². The van der Waals surface area contributed by atoms with Crippen LogP contribution in [0.3, 0.4) is 0 Å². The van der Waals surface area contributed by atoms with E-state index in [1.54, 1.807) is 0 Å². The molecule has 1 aliphatic rings. The van der Waals surface area contributed by atoms with Crippen LogP contribution in [0.15, 0.2) is 30.3 Å². The summed E-state index contributed by atoms with van der Waals surface area (Å²) in [7, 11) is 0. The first-order chi connectivity index (χ1) is 9.30. The summed E-state index contributed by atoms with van der Waals surface area (Å²) in [6, 6.07) is 10.4. The summed E-state index contributed by atoms with van der Waals surface area (Å²) in [4.78, 5) is 2.62. The molecule has 1 aromatic carbocycles. The Kier molecular flexibility index (Phi) is 5.05. The predicted molar refractivity (Wildman–Crippen MR) is 82.1 cm³/mol. The first-order valence-corrected chi connectivity index (χ1v) is 7.64. The number of nitrogens with zero attached hydrogens (tertiary/aromatic N) is 1. The summed E-state index contributed by atoms with van der Waals surface area (Å²) in [5.41, 5.74) is 1.21. The smallest absolute Gasteiger partial charge is 0.0824 e. The third-order valence-electron chi connectivity index (χ3n) is 4.34. The molecule has 0 bridgehead atoms. The van der Waals surface area contributed by atoms with Crippen molar-refractivity contribution in [2.24, 2.45) is 0 Å². The molecule has 0 radical (unpaired) electrons. The maximum Gasteiger partial charge on any atom is 0.0824 e. The van der Waals surface area contributed by atoms with Gasteiger partial charge in [0.2, 0.25) is 0 Å². The van der Waals surface area contributed by atoms with Crippen molar-refractivity contribution in [3.8, 4) is 11.8 Å². The van der Waals surface area contributed by atoms with Crippen LogP contribution in [0.5, 0.6) is 0 Å². The highest BCUT2D eigenvalue weighted by atomic mass is 15.2. The van der Waals surface area contributed by atoms with Gasteiger partial charge in [-0.2, -0.15) is 0 Å². The number of likely N-dealkylation sites (tertiary alicyclic amines) is 1. The van der Waals surface area contributed by atoms with E-state index in [2.05, 4.69) is 54.9 Å². The zero-order valence-corrected chi connectivity index (χ0v) is 12.3. The molecule has 1 aromatic rings. The largest absolute Gasteiger partial charge is 0.287 e. The molecule has 1 fully saturated rings. The summed E-state index contributed by atoms with van der Waals surface area (Å²) in [5.74, 6) is 6.99. The van der Waals surface area contributed by atoms with Crippen molar-refractivity contribution in [1.29, 1.82) is 0 Å². The highest BCUT2D eigenvalue weighted by Gasteiger charge is 2.32. The van der Waals surface area contributed by atoms with Gasteiger partial charge in [0.25, 0.3) is 0 Å². The Bertz CT molecular complexity index is 428. The summed E-state index contributed by atoms with van der Waals surface area (Å²) in [5, 5.41) is 0. The quantitative estimate of drug-likeness (QED) is 0.736. The minimum atomic E-state index is 0.0796. The van der Waals surface area contributed by atoms with Gasteiger partial charge in [0.15, 0.2) is 0 Å². The van der Waals surface area contributed by atoms with E-state index in [1.807, 2.05) is 6.07 Å². The topological polar surface area (TPSA) is 3.24 Å². The van der Waals surface area contributed by atoms with Gasteiger partial charge >= 0.3 is 0 Å². The third kappa shape index (κ3) is 3.39. The molecule has 1 aliphatic heterocycles. The Morgan fingerprint density at radius 1 is 1.00 bits per heavy atom. The summed E-state index contributed by atoms with van der Waals surface area (Å²) in [6.07, 6.45) is 6.27. The van der Waals surface area contributed by atoms with Crippen molar-refractivity contribution in [3.05, 3.63) is 35.9 Å². The van der Waals surface area contributed by atoms with E-state index < -0.39 is 0 Å². The molecule has 0 unspecified atom stereocenters. The maximum absolute atomic E-state index is 3.59. The van der Waals surface area contributed by atoms with Gasteiger partial charge in [-0.1, -0.05) is 50.3 Å². The second-order valence-electron chi connectivity index (χ2n) is 5.40. The van der Waals surface area contributed by atoms with Crippen LogP contribution < -0.4 is 0 Å². The second kappa shape index (κ2) is 6.78. The number of piperidine rings is 1. The molecule has 2 rings (SSSR count). The second-order valence-corrected chi connectivity index (χ2v) is 5.40. The van der Waals surface area contributed by atoms with E-state index in [4.69, 9.17) is 0 Å². The van der Waals surface area contributed by atoms with Crippen molar-refractivity contribution in [2.75, 3.05) is 13.1 Å². The van der Waals surface area contributed by atoms with Gasteiger partial charge in [-0.05, 0) is 50.9 Å². The van der Waals surface area contributed by atoms with Gasteiger partial charge in [-0.3, -0.25) is 4.90 Å². The molecule has 0 saturated carbocycles. The number of rotatable bonds is 3. The molecule has 0 aliphatic carbocycles. The first kappa shape index (κ1) is 14.2. The SMILES string of the molecule is CCC(C#Cc1ccccc1)(CC)N1CCCCC1. The van der Waals surface area contributed by atoms with Crippen LogP contribution in [-0.2, 0) is 0 Å². The highest BCUT2D eigenvalue weighted by Crippen LogP contribution is 2.27. The molecule has 19 heavy (non-hydrogen) atoms. The van der Waals surface area contributed by atoms with Crippen molar-refractivity contribution >= 4 is 0 Å². The minimum Gasteiger partial charge on any atom is -0.287 e. The van der Waals surface area contributed by atoms with Crippen molar-refractivity contribution < 1.29 is 0 Å². The van der Waals surface area contributed by atoms with Crippen molar-refractivity contribution in [1.82, 2.24) is 4.90 Å². The maximum atomic E-state index is 3.59.